The molecule has 1 heterocycles. The molecular formula is C12H13ClN2O. The van der Waals surface area contributed by atoms with Gasteiger partial charge in [-0.2, -0.15) is 0 Å². The molecule has 1 aromatic heterocycles. The number of fused-ring (bicyclic) bond motifs is 1. The molecule has 0 aliphatic heterocycles. The van der Waals surface area contributed by atoms with E-state index in [1.165, 1.54) is 0 Å². The average Bonchev–Trinajstić information content (AvgIpc) is 2.28. The van der Waals surface area contributed by atoms with Gasteiger partial charge in [0.2, 0.25) is 0 Å². The Bertz CT molecular complexity index is 540. The lowest BCUT2D eigenvalue weighted by atomic mass is 10.1. The molecule has 0 bridgehead atoms. The van der Waals surface area contributed by atoms with E-state index >= 15 is 0 Å². The third-order valence-electron chi connectivity index (χ3n) is 2.54. The van der Waals surface area contributed by atoms with Crippen LogP contribution in [0.25, 0.3) is 10.9 Å². The van der Waals surface area contributed by atoms with Crippen LogP contribution < -0.4 is 10.5 Å². The summed E-state index contributed by atoms with van der Waals surface area (Å²) in [5.41, 5.74) is 8.29. The number of nitrogen functional groups attached to an aromatic ring is 1. The van der Waals surface area contributed by atoms with Crippen LogP contribution in [-0.4, -0.2) is 12.1 Å². The number of hydrogen-bond donors (Lipinski definition) is 1. The Balaban J connectivity index is 2.87. The molecule has 0 fully saturated rings. The first-order valence-corrected chi connectivity index (χ1v) is 5.46. The van der Waals surface area contributed by atoms with Crippen LogP contribution in [0.15, 0.2) is 18.2 Å². The average molecular weight is 237 g/mol. The highest BCUT2D eigenvalue weighted by molar-refractivity contribution is 6.36. The molecule has 0 saturated carbocycles. The van der Waals surface area contributed by atoms with Crippen molar-refractivity contribution in [3.8, 4) is 5.75 Å². The van der Waals surface area contributed by atoms with Crippen LogP contribution in [0.2, 0.25) is 5.02 Å². The largest absolute Gasteiger partial charge is 0.494 e. The highest BCUT2D eigenvalue weighted by atomic mass is 35.5. The molecule has 2 rings (SSSR count). The van der Waals surface area contributed by atoms with Crippen LogP contribution in [0, 0.1) is 0 Å². The van der Waals surface area contributed by atoms with Gasteiger partial charge in [0.15, 0.2) is 0 Å². The molecule has 2 aromatic rings. The molecule has 0 unspecified atom stereocenters. The second-order valence-electron chi connectivity index (χ2n) is 3.53. The summed E-state index contributed by atoms with van der Waals surface area (Å²) < 4.78 is 5.26. The van der Waals surface area contributed by atoms with Gasteiger partial charge in [-0.1, -0.05) is 18.5 Å². The van der Waals surface area contributed by atoms with Crippen molar-refractivity contribution in [3.63, 3.8) is 0 Å². The number of hydrogen-bond acceptors (Lipinski definition) is 3. The van der Waals surface area contributed by atoms with Crippen molar-refractivity contribution >= 4 is 28.2 Å². The summed E-state index contributed by atoms with van der Waals surface area (Å²) in [6, 6.07) is 5.43. The highest BCUT2D eigenvalue weighted by Crippen LogP contribution is 2.34. The van der Waals surface area contributed by atoms with Crippen molar-refractivity contribution < 1.29 is 4.74 Å². The Morgan fingerprint density at radius 1 is 1.44 bits per heavy atom. The quantitative estimate of drug-likeness (QED) is 0.872. The summed E-state index contributed by atoms with van der Waals surface area (Å²) in [7, 11) is 1.61. The fourth-order valence-corrected chi connectivity index (χ4v) is 1.97. The Morgan fingerprint density at radius 2 is 2.19 bits per heavy atom. The van der Waals surface area contributed by atoms with Gasteiger partial charge in [-0.05, 0) is 24.6 Å². The predicted octanol–water partition coefficient (Wildman–Crippen LogP) is 3.04. The number of pyridine rings is 1. The summed E-state index contributed by atoms with van der Waals surface area (Å²) in [5, 5.41) is 1.36. The van der Waals surface area contributed by atoms with Crippen molar-refractivity contribution in [2.24, 2.45) is 0 Å². The number of ether oxygens (including phenoxy) is 1. The lowest BCUT2D eigenvalue weighted by Crippen LogP contribution is -1.97. The zero-order valence-corrected chi connectivity index (χ0v) is 10.0. The molecule has 0 amide bonds. The van der Waals surface area contributed by atoms with Gasteiger partial charge in [-0.3, -0.25) is 0 Å². The van der Waals surface area contributed by atoms with E-state index in [1.54, 1.807) is 19.2 Å². The lowest BCUT2D eigenvalue weighted by Gasteiger charge is -2.10. The van der Waals surface area contributed by atoms with Crippen LogP contribution in [0.3, 0.4) is 0 Å². The van der Waals surface area contributed by atoms with E-state index in [9.17, 15) is 0 Å². The standard InChI is InChI=1S/C12H13ClN2O/c1-3-7-6-9(14)11-8(13)4-5-10(16-2)12(11)15-7/h4-6H,3H2,1-2H3,(H2,14,15). The first kappa shape index (κ1) is 11.0. The maximum absolute atomic E-state index is 6.11. The first-order chi connectivity index (χ1) is 7.67. The first-order valence-electron chi connectivity index (χ1n) is 5.09. The highest BCUT2D eigenvalue weighted by Gasteiger charge is 2.10. The molecule has 3 nitrogen and oxygen atoms in total. The second kappa shape index (κ2) is 4.18. The third-order valence-corrected chi connectivity index (χ3v) is 2.85. The molecule has 0 spiro atoms. The molecule has 16 heavy (non-hydrogen) atoms. The minimum Gasteiger partial charge on any atom is -0.494 e. The summed E-state index contributed by atoms with van der Waals surface area (Å²) in [6.45, 7) is 2.03. The lowest BCUT2D eigenvalue weighted by molar-refractivity contribution is 0.419. The molecule has 2 N–H and O–H groups in total. The van der Waals surface area contributed by atoms with Crippen LogP contribution in [-0.2, 0) is 6.42 Å². The molecular weight excluding hydrogens is 224 g/mol. The number of rotatable bonds is 2. The Morgan fingerprint density at radius 3 is 2.81 bits per heavy atom. The molecule has 1 aromatic carbocycles. The number of aryl methyl sites for hydroxylation is 1. The van der Waals surface area contributed by atoms with E-state index in [0.29, 0.717) is 16.5 Å². The molecule has 0 radical (unpaired) electrons. The molecule has 0 aliphatic rings. The van der Waals surface area contributed by atoms with Crippen molar-refractivity contribution in [2.45, 2.75) is 13.3 Å². The zero-order valence-electron chi connectivity index (χ0n) is 9.25. The Hall–Kier alpha value is -1.48. The second-order valence-corrected chi connectivity index (χ2v) is 3.94. The van der Waals surface area contributed by atoms with E-state index < -0.39 is 0 Å². The van der Waals surface area contributed by atoms with Crippen molar-refractivity contribution in [1.82, 2.24) is 4.98 Å². The van der Waals surface area contributed by atoms with Gasteiger partial charge in [-0.25, -0.2) is 4.98 Å². The fraction of sp³-hybridized carbons (Fsp3) is 0.250. The molecule has 0 atom stereocenters. The maximum atomic E-state index is 6.11. The Kier molecular flexibility index (Phi) is 2.88. The van der Waals surface area contributed by atoms with Crippen molar-refractivity contribution in [1.29, 1.82) is 0 Å². The summed E-state index contributed by atoms with van der Waals surface area (Å²) in [4.78, 5) is 4.50. The smallest absolute Gasteiger partial charge is 0.145 e. The monoisotopic (exact) mass is 236 g/mol. The van der Waals surface area contributed by atoms with E-state index in [2.05, 4.69) is 4.98 Å². The number of halogens is 1. The number of nitrogens with zero attached hydrogens (tertiary/aromatic N) is 1. The van der Waals surface area contributed by atoms with E-state index in [4.69, 9.17) is 22.1 Å². The van der Waals surface area contributed by atoms with Gasteiger partial charge < -0.3 is 10.5 Å². The van der Waals surface area contributed by atoms with E-state index in [0.717, 1.165) is 23.0 Å². The van der Waals surface area contributed by atoms with Crippen LogP contribution in [0.4, 0.5) is 5.69 Å². The van der Waals surface area contributed by atoms with E-state index in [-0.39, 0.29) is 0 Å². The maximum Gasteiger partial charge on any atom is 0.145 e. The third kappa shape index (κ3) is 1.67. The molecule has 0 saturated heterocycles. The SMILES string of the molecule is CCc1cc(N)c2c(Cl)ccc(OC)c2n1. The van der Waals surface area contributed by atoms with Gasteiger partial charge in [0, 0.05) is 16.8 Å². The number of anilines is 1. The summed E-state index contributed by atoms with van der Waals surface area (Å²) in [6.07, 6.45) is 0.829. The minimum absolute atomic E-state index is 0.600. The predicted molar refractivity (Wildman–Crippen MR) is 67.1 cm³/mol. The number of benzene rings is 1. The van der Waals surface area contributed by atoms with Crippen LogP contribution in [0.5, 0.6) is 5.75 Å². The number of methoxy groups -OCH3 is 1. The number of nitrogens with two attached hydrogens (primary N) is 1. The molecule has 84 valence electrons. The number of aromatic nitrogens is 1. The van der Waals surface area contributed by atoms with Gasteiger partial charge in [-0.15, -0.1) is 0 Å². The van der Waals surface area contributed by atoms with Gasteiger partial charge in [0.05, 0.1) is 12.1 Å². The molecule has 0 aliphatic carbocycles. The zero-order chi connectivity index (χ0) is 11.7. The van der Waals surface area contributed by atoms with Gasteiger partial charge in [0.1, 0.15) is 11.3 Å². The van der Waals surface area contributed by atoms with Crippen molar-refractivity contribution in [2.75, 3.05) is 12.8 Å². The van der Waals surface area contributed by atoms with Gasteiger partial charge >= 0.3 is 0 Å². The van der Waals surface area contributed by atoms with Crippen LogP contribution in [0.1, 0.15) is 12.6 Å². The Labute approximate surface area is 99.2 Å². The van der Waals surface area contributed by atoms with E-state index in [1.807, 2.05) is 13.0 Å². The molecule has 4 heteroatoms. The van der Waals surface area contributed by atoms with Crippen molar-refractivity contribution in [3.05, 3.63) is 28.9 Å². The summed E-state index contributed by atoms with van der Waals surface area (Å²) >= 11 is 6.11. The topological polar surface area (TPSA) is 48.1 Å². The minimum atomic E-state index is 0.600. The fourth-order valence-electron chi connectivity index (χ4n) is 1.71. The normalized spacial score (nSPS) is 10.7. The van der Waals surface area contributed by atoms with Gasteiger partial charge in [0.25, 0.3) is 0 Å². The van der Waals surface area contributed by atoms with Crippen LogP contribution >= 0.6 is 11.6 Å². The summed E-state index contributed by atoms with van der Waals surface area (Å²) in [5.74, 6) is 0.696.